The topological polar surface area (TPSA) is 62.4 Å². The van der Waals surface area contributed by atoms with Crippen LogP contribution in [0.2, 0.25) is 0 Å². The molecule has 1 aliphatic heterocycles. The van der Waals surface area contributed by atoms with Crippen LogP contribution in [0.4, 0.5) is 13.2 Å². The first kappa shape index (κ1) is 17.9. The summed E-state index contributed by atoms with van der Waals surface area (Å²) in [5.41, 5.74) is -0.467. The van der Waals surface area contributed by atoms with Gasteiger partial charge in [-0.25, -0.2) is 0 Å². The normalized spacial score (nSPS) is 19.3. The number of hydrogen-bond acceptors (Lipinski definition) is 5. The van der Waals surface area contributed by atoms with E-state index in [0.29, 0.717) is 18.9 Å². The lowest BCUT2D eigenvalue weighted by atomic mass is 10.00. The highest BCUT2D eigenvalue weighted by atomic mass is 19.4. The fourth-order valence-corrected chi connectivity index (χ4v) is 3.19. The zero-order valence-electron chi connectivity index (χ0n) is 13.7. The smallest absolute Gasteiger partial charge is 0.396 e. The van der Waals surface area contributed by atoms with Gasteiger partial charge in [-0.3, -0.25) is 4.90 Å². The number of hydrogen-bond donors (Lipinski definition) is 1. The fourth-order valence-electron chi connectivity index (χ4n) is 3.19. The molecular formula is C17H20F3N3O2. The van der Waals surface area contributed by atoms with E-state index in [2.05, 4.69) is 15.0 Å². The van der Waals surface area contributed by atoms with Crippen molar-refractivity contribution in [2.45, 2.75) is 44.4 Å². The van der Waals surface area contributed by atoms with Gasteiger partial charge in [-0.05, 0) is 37.9 Å². The Hall–Kier alpha value is -1.93. The monoisotopic (exact) mass is 355 g/mol. The van der Waals surface area contributed by atoms with Crippen LogP contribution < -0.4 is 0 Å². The van der Waals surface area contributed by atoms with Gasteiger partial charge in [0, 0.05) is 18.2 Å². The molecule has 0 radical (unpaired) electrons. The summed E-state index contributed by atoms with van der Waals surface area (Å²) in [5, 5.41) is 13.0. The van der Waals surface area contributed by atoms with Crippen molar-refractivity contribution in [2.24, 2.45) is 0 Å². The van der Waals surface area contributed by atoms with Crippen LogP contribution in [0.5, 0.6) is 0 Å². The minimum Gasteiger partial charge on any atom is -0.396 e. The molecule has 0 spiro atoms. The Labute approximate surface area is 143 Å². The van der Waals surface area contributed by atoms with E-state index >= 15 is 0 Å². The summed E-state index contributed by atoms with van der Waals surface area (Å²) in [6.45, 7) is 1.45. The zero-order valence-corrected chi connectivity index (χ0v) is 13.7. The summed E-state index contributed by atoms with van der Waals surface area (Å²) in [5.74, 6) is 0.522. The fraction of sp³-hybridized carbons (Fsp3) is 0.529. The van der Waals surface area contributed by atoms with E-state index in [9.17, 15) is 18.3 Å². The summed E-state index contributed by atoms with van der Waals surface area (Å²) in [7, 11) is 0. The standard InChI is InChI=1S/C17H20F3N3O2/c18-17(19,20)13-5-3-4-12(10-13)16-21-15(25-22-16)11-23-8-2-1-6-14(23)7-9-24/h3-5,10,14,24H,1-2,6-9,11H2. The molecule has 0 amide bonds. The Bertz CT molecular complexity index is 700. The van der Waals surface area contributed by atoms with Crippen LogP contribution in [-0.4, -0.2) is 39.3 Å². The first-order valence-electron chi connectivity index (χ1n) is 8.32. The molecule has 2 heterocycles. The van der Waals surface area contributed by atoms with Crippen molar-refractivity contribution in [3.8, 4) is 11.4 Å². The molecule has 1 unspecified atom stereocenters. The van der Waals surface area contributed by atoms with Crippen LogP contribution in [0.25, 0.3) is 11.4 Å². The molecule has 1 fully saturated rings. The minimum atomic E-state index is -4.41. The van der Waals surface area contributed by atoms with Crippen LogP contribution in [0, 0.1) is 0 Å². The summed E-state index contributed by atoms with van der Waals surface area (Å²) in [6, 6.07) is 5.15. The second-order valence-corrected chi connectivity index (χ2v) is 6.22. The van der Waals surface area contributed by atoms with Gasteiger partial charge in [0.25, 0.3) is 0 Å². The third-order valence-corrected chi connectivity index (χ3v) is 4.47. The molecule has 1 aromatic carbocycles. The summed E-state index contributed by atoms with van der Waals surface area (Å²) >= 11 is 0. The summed E-state index contributed by atoms with van der Waals surface area (Å²) in [6.07, 6.45) is -0.519. The number of halogens is 3. The molecule has 3 rings (SSSR count). The van der Waals surface area contributed by atoms with Crippen LogP contribution in [0.15, 0.2) is 28.8 Å². The largest absolute Gasteiger partial charge is 0.416 e. The third kappa shape index (κ3) is 4.38. The molecule has 0 bridgehead atoms. The number of rotatable bonds is 5. The second-order valence-electron chi connectivity index (χ2n) is 6.22. The van der Waals surface area contributed by atoms with Gasteiger partial charge in [-0.15, -0.1) is 0 Å². The lowest BCUT2D eigenvalue weighted by molar-refractivity contribution is -0.137. The third-order valence-electron chi connectivity index (χ3n) is 4.47. The SMILES string of the molecule is OCCC1CCCCN1Cc1nc(-c2cccc(C(F)(F)F)c2)no1. The molecule has 0 saturated carbocycles. The number of piperidine rings is 1. The molecule has 1 atom stereocenters. The van der Waals surface area contributed by atoms with Gasteiger partial charge in [-0.1, -0.05) is 23.7 Å². The van der Waals surface area contributed by atoms with Crippen molar-refractivity contribution in [1.82, 2.24) is 15.0 Å². The Morgan fingerprint density at radius 2 is 2.12 bits per heavy atom. The highest BCUT2D eigenvalue weighted by molar-refractivity contribution is 5.55. The van der Waals surface area contributed by atoms with Crippen molar-refractivity contribution < 1.29 is 22.8 Å². The van der Waals surface area contributed by atoms with Crippen molar-refractivity contribution in [3.05, 3.63) is 35.7 Å². The van der Waals surface area contributed by atoms with Crippen LogP contribution >= 0.6 is 0 Å². The van der Waals surface area contributed by atoms with Gasteiger partial charge in [0.1, 0.15) is 0 Å². The first-order chi connectivity index (χ1) is 12.0. The number of likely N-dealkylation sites (tertiary alicyclic amines) is 1. The molecule has 1 aromatic heterocycles. The summed E-state index contributed by atoms with van der Waals surface area (Å²) < 4.78 is 43.7. The van der Waals surface area contributed by atoms with Gasteiger partial charge in [0.05, 0.1) is 12.1 Å². The lowest BCUT2D eigenvalue weighted by Crippen LogP contribution is -2.39. The number of benzene rings is 1. The van der Waals surface area contributed by atoms with Crippen molar-refractivity contribution in [2.75, 3.05) is 13.2 Å². The molecule has 136 valence electrons. The lowest BCUT2D eigenvalue weighted by Gasteiger charge is -2.34. The number of aliphatic hydroxyl groups is 1. The quantitative estimate of drug-likeness (QED) is 0.890. The van der Waals surface area contributed by atoms with E-state index in [-0.39, 0.29) is 24.0 Å². The van der Waals surface area contributed by atoms with Gasteiger partial charge in [0.2, 0.25) is 11.7 Å². The maximum atomic E-state index is 12.8. The Morgan fingerprint density at radius 3 is 2.88 bits per heavy atom. The first-order valence-corrected chi connectivity index (χ1v) is 8.32. The van der Waals surface area contributed by atoms with Crippen LogP contribution in [-0.2, 0) is 12.7 Å². The second kappa shape index (κ2) is 7.53. The number of aliphatic hydroxyl groups excluding tert-OH is 1. The van der Waals surface area contributed by atoms with Gasteiger partial charge < -0.3 is 9.63 Å². The average Bonchev–Trinajstić information content (AvgIpc) is 3.05. The maximum Gasteiger partial charge on any atom is 0.416 e. The van der Waals surface area contributed by atoms with Gasteiger partial charge in [-0.2, -0.15) is 18.2 Å². The van der Waals surface area contributed by atoms with Crippen molar-refractivity contribution in [3.63, 3.8) is 0 Å². The number of aromatic nitrogens is 2. The van der Waals surface area contributed by atoms with E-state index in [0.717, 1.165) is 37.9 Å². The summed E-state index contributed by atoms with van der Waals surface area (Å²) in [4.78, 5) is 6.43. The Balaban J connectivity index is 1.74. The molecule has 0 aliphatic carbocycles. The van der Waals surface area contributed by atoms with Crippen LogP contribution in [0.1, 0.15) is 37.1 Å². The molecule has 8 heteroatoms. The molecular weight excluding hydrogens is 335 g/mol. The maximum absolute atomic E-state index is 12.8. The highest BCUT2D eigenvalue weighted by Gasteiger charge is 2.31. The Kier molecular flexibility index (Phi) is 5.39. The minimum absolute atomic E-state index is 0.125. The van der Waals surface area contributed by atoms with E-state index < -0.39 is 11.7 Å². The van der Waals surface area contributed by atoms with Gasteiger partial charge in [0.15, 0.2) is 0 Å². The van der Waals surface area contributed by atoms with Crippen molar-refractivity contribution in [1.29, 1.82) is 0 Å². The van der Waals surface area contributed by atoms with Gasteiger partial charge >= 0.3 is 6.18 Å². The number of nitrogens with zero attached hydrogens (tertiary/aromatic N) is 3. The molecule has 1 saturated heterocycles. The molecule has 5 nitrogen and oxygen atoms in total. The Morgan fingerprint density at radius 1 is 1.28 bits per heavy atom. The molecule has 1 aliphatic rings. The van der Waals surface area contributed by atoms with E-state index in [1.807, 2.05) is 0 Å². The van der Waals surface area contributed by atoms with E-state index in [4.69, 9.17) is 4.52 Å². The number of alkyl halides is 3. The molecule has 25 heavy (non-hydrogen) atoms. The predicted octanol–water partition coefficient (Wildman–Crippen LogP) is 3.49. The zero-order chi connectivity index (χ0) is 17.9. The average molecular weight is 355 g/mol. The molecule has 2 aromatic rings. The van der Waals surface area contributed by atoms with E-state index in [1.54, 1.807) is 0 Å². The highest BCUT2D eigenvalue weighted by Crippen LogP contribution is 2.31. The molecule has 1 N–H and O–H groups in total. The van der Waals surface area contributed by atoms with Crippen molar-refractivity contribution >= 4 is 0 Å². The predicted molar refractivity (Wildman–Crippen MR) is 84.5 cm³/mol. The van der Waals surface area contributed by atoms with Crippen LogP contribution in [0.3, 0.4) is 0 Å². The van der Waals surface area contributed by atoms with E-state index in [1.165, 1.54) is 12.1 Å².